The summed E-state index contributed by atoms with van der Waals surface area (Å²) in [4.78, 5) is 29.3. The highest BCUT2D eigenvalue weighted by atomic mass is 16.2. The molecule has 0 aliphatic rings. The van der Waals surface area contributed by atoms with E-state index in [1.165, 1.54) is 17.2 Å². The number of hydrogen-bond acceptors (Lipinski definition) is 3. The van der Waals surface area contributed by atoms with E-state index in [0.29, 0.717) is 23.5 Å². The third kappa shape index (κ3) is 2.15. The van der Waals surface area contributed by atoms with Crippen molar-refractivity contribution in [2.24, 2.45) is 14.1 Å². The van der Waals surface area contributed by atoms with Gasteiger partial charge in [0.25, 0.3) is 5.56 Å². The number of aromatic nitrogens is 5. The molecular weight excluding hydrogens is 318 g/mol. The molecule has 0 radical (unpaired) electrons. The van der Waals surface area contributed by atoms with E-state index in [1.807, 2.05) is 13.1 Å². The second kappa shape index (κ2) is 5.20. The normalized spacial score (nSPS) is 11.7. The molecule has 0 saturated heterocycles. The maximum atomic E-state index is 12.6. The highest BCUT2D eigenvalue weighted by Gasteiger charge is 2.18. The van der Waals surface area contributed by atoms with Crippen molar-refractivity contribution in [3.8, 4) is 0 Å². The summed E-state index contributed by atoms with van der Waals surface area (Å²) >= 11 is 0. The Morgan fingerprint density at radius 1 is 1.00 bits per heavy atom. The van der Waals surface area contributed by atoms with Crippen LogP contribution in [-0.4, -0.2) is 23.1 Å². The zero-order valence-corrected chi connectivity index (χ0v) is 14.6. The van der Waals surface area contributed by atoms with Crippen LogP contribution in [0.5, 0.6) is 0 Å². The predicted octanol–water partition coefficient (Wildman–Crippen LogP) is 1.35. The van der Waals surface area contributed by atoms with Crippen molar-refractivity contribution < 1.29 is 0 Å². The van der Waals surface area contributed by atoms with Gasteiger partial charge in [-0.1, -0.05) is 29.8 Å². The molecule has 4 aromatic rings. The minimum Gasteiger partial charge on any atom is -0.310 e. The largest absolute Gasteiger partial charge is 0.332 e. The summed E-state index contributed by atoms with van der Waals surface area (Å²) in [5, 5.41) is 0. The SMILES string of the molecule is Cc1ccc(Cn2c(C)cn3c4c(=O)n(C)c(=O)n(C)c4nc23)cc1. The van der Waals surface area contributed by atoms with Gasteiger partial charge < -0.3 is 4.57 Å². The van der Waals surface area contributed by atoms with Gasteiger partial charge in [0.2, 0.25) is 5.78 Å². The van der Waals surface area contributed by atoms with Crippen LogP contribution >= 0.6 is 0 Å². The Bertz CT molecular complexity index is 1240. The summed E-state index contributed by atoms with van der Waals surface area (Å²) in [5.41, 5.74) is 3.48. The maximum Gasteiger partial charge on any atom is 0.332 e. The monoisotopic (exact) mass is 337 g/mol. The molecule has 3 aromatic heterocycles. The third-order valence-corrected chi connectivity index (χ3v) is 4.72. The van der Waals surface area contributed by atoms with Gasteiger partial charge in [0.05, 0.1) is 6.54 Å². The van der Waals surface area contributed by atoms with Gasteiger partial charge in [0, 0.05) is 26.0 Å². The Morgan fingerprint density at radius 3 is 2.36 bits per heavy atom. The summed E-state index contributed by atoms with van der Waals surface area (Å²) < 4.78 is 6.35. The molecule has 0 fully saturated rings. The van der Waals surface area contributed by atoms with Crippen molar-refractivity contribution in [3.05, 3.63) is 68.1 Å². The lowest BCUT2D eigenvalue weighted by molar-refractivity contribution is 0.707. The molecule has 1 aromatic carbocycles. The fraction of sp³-hybridized carbons (Fsp3) is 0.278. The molecule has 0 aliphatic heterocycles. The smallest absolute Gasteiger partial charge is 0.310 e. The first-order chi connectivity index (χ1) is 11.9. The van der Waals surface area contributed by atoms with E-state index < -0.39 is 0 Å². The molecule has 128 valence electrons. The van der Waals surface area contributed by atoms with E-state index in [4.69, 9.17) is 0 Å². The molecule has 7 heteroatoms. The Morgan fingerprint density at radius 2 is 1.68 bits per heavy atom. The minimum absolute atomic E-state index is 0.335. The second-order valence-electron chi connectivity index (χ2n) is 6.50. The van der Waals surface area contributed by atoms with Crippen molar-refractivity contribution in [1.29, 1.82) is 0 Å². The molecule has 0 bridgehead atoms. The van der Waals surface area contributed by atoms with Gasteiger partial charge in [0.1, 0.15) is 0 Å². The van der Waals surface area contributed by atoms with E-state index in [-0.39, 0.29) is 11.2 Å². The minimum atomic E-state index is -0.375. The van der Waals surface area contributed by atoms with Crippen LogP contribution in [0.2, 0.25) is 0 Å². The van der Waals surface area contributed by atoms with Crippen molar-refractivity contribution >= 4 is 16.9 Å². The Balaban J connectivity index is 2.00. The number of benzene rings is 1. The summed E-state index contributed by atoms with van der Waals surface area (Å²) in [7, 11) is 3.12. The van der Waals surface area contributed by atoms with Crippen LogP contribution in [0, 0.1) is 13.8 Å². The summed E-state index contributed by atoms with van der Waals surface area (Å²) in [6.07, 6.45) is 1.89. The quantitative estimate of drug-likeness (QED) is 0.555. The molecule has 0 amide bonds. The van der Waals surface area contributed by atoms with Gasteiger partial charge in [-0.15, -0.1) is 0 Å². The zero-order valence-electron chi connectivity index (χ0n) is 14.6. The van der Waals surface area contributed by atoms with Crippen molar-refractivity contribution in [1.82, 2.24) is 23.1 Å². The molecule has 3 heterocycles. The van der Waals surface area contributed by atoms with Gasteiger partial charge >= 0.3 is 5.69 Å². The highest BCUT2D eigenvalue weighted by molar-refractivity contribution is 5.75. The number of hydrogen-bond donors (Lipinski definition) is 0. The number of imidazole rings is 2. The van der Waals surface area contributed by atoms with E-state index in [1.54, 1.807) is 11.4 Å². The van der Waals surface area contributed by atoms with Crippen molar-refractivity contribution in [3.63, 3.8) is 0 Å². The van der Waals surface area contributed by atoms with Crippen LogP contribution in [-0.2, 0) is 20.6 Å². The predicted molar refractivity (Wildman–Crippen MR) is 96.2 cm³/mol. The summed E-state index contributed by atoms with van der Waals surface area (Å²) in [6.45, 7) is 4.70. The summed E-state index contributed by atoms with van der Waals surface area (Å²) in [5.74, 6) is 0.659. The van der Waals surface area contributed by atoms with Crippen LogP contribution in [0.1, 0.15) is 16.8 Å². The van der Waals surface area contributed by atoms with Crippen molar-refractivity contribution in [2.75, 3.05) is 0 Å². The first-order valence-electron chi connectivity index (χ1n) is 8.08. The average molecular weight is 337 g/mol. The Hall–Kier alpha value is -3.09. The molecule has 25 heavy (non-hydrogen) atoms. The highest BCUT2D eigenvalue weighted by Crippen LogP contribution is 2.18. The zero-order chi connectivity index (χ0) is 17.9. The van der Waals surface area contributed by atoms with Gasteiger partial charge in [0.15, 0.2) is 11.2 Å². The van der Waals surface area contributed by atoms with Gasteiger partial charge in [-0.3, -0.25) is 18.3 Å². The Kier molecular flexibility index (Phi) is 3.21. The fourth-order valence-corrected chi connectivity index (χ4v) is 3.20. The maximum absolute atomic E-state index is 12.6. The molecule has 0 spiro atoms. The number of nitrogens with zero attached hydrogens (tertiary/aromatic N) is 5. The Labute approximate surface area is 143 Å². The van der Waals surface area contributed by atoms with Gasteiger partial charge in [-0.2, -0.15) is 4.98 Å². The number of rotatable bonds is 2. The summed E-state index contributed by atoms with van der Waals surface area (Å²) in [6, 6.07) is 8.32. The lowest BCUT2D eigenvalue weighted by Crippen LogP contribution is -2.37. The van der Waals surface area contributed by atoms with Crippen LogP contribution in [0.4, 0.5) is 0 Å². The van der Waals surface area contributed by atoms with Gasteiger partial charge in [-0.25, -0.2) is 4.79 Å². The third-order valence-electron chi connectivity index (χ3n) is 4.72. The number of fused-ring (bicyclic) bond motifs is 3. The van der Waals surface area contributed by atoms with Crippen LogP contribution < -0.4 is 11.2 Å². The van der Waals surface area contributed by atoms with E-state index in [0.717, 1.165) is 15.8 Å². The van der Waals surface area contributed by atoms with Crippen molar-refractivity contribution in [2.45, 2.75) is 20.4 Å². The first kappa shape index (κ1) is 15.4. The number of aryl methyl sites for hydroxylation is 3. The molecule has 0 atom stereocenters. The van der Waals surface area contributed by atoms with E-state index in [2.05, 4.69) is 40.7 Å². The standard InChI is InChI=1S/C18H19N5O2/c1-11-5-7-13(8-6-11)10-22-12(2)9-23-14-15(19-17(22)23)20(3)18(25)21(4)16(14)24/h5-9H,10H2,1-4H3. The molecule has 0 saturated carbocycles. The average Bonchev–Trinajstić information content (AvgIpc) is 3.09. The van der Waals surface area contributed by atoms with E-state index in [9.17, 15) is 9.59 Å². The van der Waals surface area contributed by atoms with Crippen LogP contribution in [0.3, 0.4) is 0 Å². The fourth-order valence-electron chi connectivity index (χ4n) is 3.20. The second-order valence-corrected chi connectivity index (χ2v) is 6.50. The molecular formula is C18H19N5O2. The molecule has 0 unspecified atom stereocenters. The topological polar surface area (TPSA) is 66.2 Å². The lowest BCUT2D eigenvalue weighted by Gasteiger charge is -2.06. The van der Waals surface area contributed by atoms with E-state index >= 15 is 0 Å². The molecule has 4 rings (SSSR count). The van der Waals surface area contributed by atoms with Gasteiger partial charge in [-0.05, 0) is 19.4 Å². The van der Waals surface area contributed by atoms with Crippen LogP contribution in [0.25, 0.3) is 16.9 Å². The molecule has 0 N–H and O–H groups in total. The molecule has 7 nitrogen and oxygen atoms in total. The van der Waals surface area contributed by atoms with Crippen LogP contribution in [0.15, 0.2) is 40.1 Å². The lowest BCUT2D eigenvalue weighted by atomic mass is 10.1. The first-order valence-corrected chi connectivity index (χ1v) is 8.08. The molecule has 0 aliphatic carbocycles.